The minimum absolute atomic E-state index is 0.175. The van der Waals surface area contributed by atoms with Gasteiger partial charge in [-0.2, -0.15) is 0 Å². The van der Waals surface area contributed by atoms with Crippen LogP contribution in [0.15, 0.2) is 48.6 Å². The molecule has 1 aliphatic rings. The SMILES string of the molecule is CCCCC/C=C\C/C=C\C/C=C\C/C=C\CCCC(=O)OC(CO)CO[C@@H]1O[C@H](CO)[C@@H](O)[C@H](O)[C@H]1O. The molecule has 38 heavy (non-hydrogen) atoms. The third-order valence-electron chi connectivity index (χ3n) is 6.01. The summed E-state index contributed by atoms with van der Waals surface area (Å²) in [5.41, 5.74) is 0. The summed E-state index contributed by atoms with van der Waals surface area (Å²) in [4.78, 5) is 12.1. The van der Waals surface area contributed by atoms with E-state index in [1.807, 2.05) is 6.08 Å². The number of carbonyl (C=O) groups is 1. The molecule has 0 amide bonds. The number of ether oxygens (including phenoxy) is 3. The van der Waals surface area contributed by atoms with Crippen molar-refractivity contribution in [3.63, 3.8) is 0 Å². The molecule has 0 aromatic rings. The fourth-order valence-electron chi connectivity index (χ4n) is 3.70. The zero-order valence-corrected chi connectivity index (χ0v) is 22.6. The third kappa shape index (κ3) is 14.9. The van der Waals surface area contributed by atoms with E-state index in [-0.39, 0.29) is 13.0 Å². The first-order valence-electron chi connectivity index (χ1n) is 13.8. The average molecular weight is 541 g/mol. The van der Waals surface area contributed by atoms with Crippen molar-refractivity contribution in [2.24, 2.45) is 0 Å². The highest BCUT2D eigenvalue weighted by atomic mass is 16.7. The van der Waals surface area contributed by atoms with E-state index in [1.54, 1.807) is 0 Å². The van der Waals surface area contributed by atoms with E-state index < -0.39 is 56.0 Å². The molecule has 1 aliphatic heterocycles. The Balaban J connectivity index is 2.14. The number of esters is 1. The van der Waals surface area contributed by atoms with Crippen molar-refractivity contribution >= 4 is 5.97 Å². The first-order chi connectivity index (χ1) is 18.4. The van der Waals surface area contributed by atoms with E-state index >= 15 is 0 Å². The smallest absolute Gasteiger partial charge is 0.306 e. The van der Waals surface area contributed by atoms with Crippen LogP contribution in [0.5, 0.6) is 0 Å². The van der Waals surface area contributed by atoms with E-state index in [0.717, 1.165) is 25.7 Å². The average Bonchev–Trinajstić information content (AvgIpc) is 2.92. The third-order valence-corrected chi connectivity index (χ3v) is 6.01. The first-order valence-corrected chi connectivity index (χ1v) is 13.8. The van der Waals surface area contributed by atoms with Gasteiger partial charge in [0.2, 0.25) is 0 Å². The first kappa shape index (κ1) is 34.2. The van der Waals surface area contributed by atoms with Crippen LogP contribution in [0.1, 0.15) is 71.1 Å². The lowest BCUT2D eigenvalue weighted by molar-refractivity contribution is -0.305. The van der Waals surface area contributed by atoms with Gasteiger partial charge in [0.15, 0.2) is 6.29 Å². The number of allylic oxidation sites excluding steroid dienone is 8. The Morgan fingerprint density at radius 3 is 1.95 bits per heavy atom. The summed E-state index contributed by atoms with van der Waals surface area (Å²) in [6.45, 7) is 0.844. The molecule has 1 rings (SSSR count). The van der Waals surface area contributed by atoms with E-state index in [2.05, 4.69) is 49.5 Å². The van der Waals surface area contributed by atoms with Crippen molar-refractivity contribution in [1.29, 1.82) is 0 Å². The van der Waals surface area contributed by atoms with Crippen LogP contribution in [-0.4, -0.2) is 88.1 Å². The summed E-state index contributed by atoms with van der Waals surface area (Å²) in [5, 5.41) is 48.2. The molecule has 0 bridgehead atoms. The van der Waals surface area contributed by atoms with Gasteiger partial charge in [0.1, 0.15) is 30.5 Å². The molecule has 9 nitrogen and oxygen atoms in total. The van der Waals surface area contributed by atoms with Crippen LogP contribution in [0, 0.1) is 0 Å². The lowest BCUT2D eigenvalue weighted by atomic mass is 9.99. The molecule has 5 N–H and O–H groups in total. The maximum absolute atomic E-state index is 12.1. The van der Waals surface area contributed by atoms with Gasteiger partial charge in [-0.25, -0.2) is 0 Å². The number of unbranched alkanes of at least 4 members (excludes halogenated alkanes) is 4. The van der Waals surface area contributed by atoms with Gasteiger partial charge in [0.25, 0.3) is 0 Å². The maximum Gasteiger partial charge on any atom is 0.306 e. The molecule has 1 heterocycles. The molecule has 9 heteroatoms. The Hall–Kier alpha value is -1.85. The van der Waals surface area contributed by atoms with Crippen LogP contribution in [-0.2, 0) is 19.0 Å². The van der Waals surface area contributed by atoms with Crippen LogP contribution < -0.4 is 0 Å². The van der Waals surface area contributed by atoms with Crippen LogP contribution in [0.25, 0.3) is 0 Å². The van der Waals surface area contributed by atoms with E-state index in [1.165, 1.54) is 25.7 Å². The molecule has 0 radical (unpaired) electrons. The highest BCUT2D eigenvalue weighted by Crippen LogP contribution is 2.22. The lowest BCUT2D eigenvalue weighted by Crippen LogP contribution is -2.59. The summed E-state index contributed by atoms with van der Waals surface area (Å²) in [6.07, 6.45) is 18.3. The van der Waals surface area contributed by atoms with Gasteiger partial charge in [-0.3, -0.25) is 4.79 Å². The second kappa shape index (κ2) is 22.0. The van der Waals surface area contributed by atoms with Gasteiger partial charge >= 0.3 is 5.97 Å². The summed E-state index contributed by atoms with van der Waals surface area (Å²) in [6, 6.07) is 0. The van der Waals surface area contributed by atoms with Gasteiger partial charge < -0.3 is 39.7 Å². The van der Waals surface area contributed by atoms with E-state index in [0.29, 0.717) is 6.42 Å². The monoisotopic (exact) mass is 540 g/mol. The molecule has 0 saturated carbocycles. The van der Waals surface area contributed by atoms with Crippen molar-refractivity contribution in [3.05, 3.63) is 48.6 Å². The minimum Gasteiger partial charge on any atom is -0.457 e. The van der Waals surface area contributed by atoms with Gasteiger partial charge in [0, 0.05) is 6.42 Å². The number of aliphatic hydroxyl groups excluding tert-OH is 5. The van der Waals surface area contributed by atoms with Gasteiger partial charge in [0.05, 0.1) is 19.8 Å². The Morgan fingerprint density at radius 2 is 1.39 bits per heavy atom. The van der Waals surface area contributed by atoms with Crippen LogP contribution in [0.3, 0.4) is 0 Å². The second-order valence-electron chi connectivity index (χ2n) is 9.31. The number of rotatable bonds is 20. The van der Waals surface area contributed by atoms with Crippen molar-refractivity contribution < 1.29 is 44.5 Å². The highest BCUT2D eigenvalue weighted by Gasteiger charge is 2.44. The van der Waals surface area contributed by atoms with Gasteiger partial charge in [-0.05, 0) is 44.9 Å². The molecular formula is C29H48O9. The number of aliphatic hydroxyl groups is 5. The zero-order valence-electron chi connectivity index (χ0n) is 22.6. The number of hydrogen-bond acceptors (Lipinski definition) is 9. The zero-order chi connectivity index (χ0) is 28.0. The van der Waals surface area contributed by atoms with Crippen molar-refractivity contribution in [3.8, 4) is 0 Å². The topological polar surface area (TPSA) is 146 Å². The molecule has 218 valence electrons. The largest absolute Gasteiger partial charge is 0.457 e. The predicted octanol–water partition coefficient (Wildman–Crippen LogP) is 2.85. The van der Waals surface area contributed by atoms with Crippen LogP contribution in [0.2, 0.25) is 0 Å². The van der Waals surface area contributed by atoms with Gasteiger partial charge in [-0.1, -0.05) is 68.4 Å². The van der Waals surface area contributed by atoms with E-state index in [4.69, 9.17) is 14.2 Å². The maximum atomic E-state index is 12.1. The quantitative estimate of drug-likeness (QED) is 0.0894. The molecule has 1 fully saturated rings. The molecule has 1 saturated heterocycles. The van der Waals surface area contributed by atoms with Crippen molar-refractivity contribution in [1.82, 2.24) is 0 Å². The van der Waals surface area contributed by atoms with E-state index in [9.17, 15) is 30.3 Å². The van der Waals surface area contributed by atoms with Gasteiger partial charge in [-0.15, -0.1) is 0 Å². The second-order valence-corrected chi connectivity index (χ2v) is 9.31. The standard InChI is InChI=1S/C29H48O9/c1-2-3-4-5-6-7-8-9-10-11-12-13-14-15-16-17-18-19-25(32)37-23(20-30)22-36-29-28(35)27(34)26(33)24(21-31)38-29/h6-7,9-10,12-13,15-16,23-24,26-31,33-35H,2-5,8,11,14,17-22H2,1H3/b7-6-,10-9-,13-12-,16-15-/t23?,24-,26-,27+,28-,29-/m1/s1. The summed E-state index contributed by atoms with van der Waals surface area (Å²) >= 11 is 0. The summed E-state index contributed by atoms with van der Waals surface area (Å²) in [5.74, 6) is -0.489. The van der Waals surface area contributed by atoms with Crippen molar-refractivity contribution in [2.75, 3.05) is 19.8 Å². The fourth-order valence-corrected chi connectivity index (χ4v) is 3.70. The predicted molar refractivity (Wildman–Crippen MR) is 145 cm³/mol. The Morgan fingerprint density at radius 1 is 0.816 bits per heavy atom. The number of hydrogen-bond donors (Lipinski definition) is 5. The Bertz CT molecular complexity index is 717. The lowest BCUT2D eigenvalue weighted by Gasteiger charge is -2.39. The molecule has 0 aromatic heterocycles. The summed E-state index contributed by atoms with van der Waals surface area (Å²) < 4.78 is 15.7. The van der Waals surface area contributed by atoms with Crippen LogP contribution >= 0.6 is 0 Å². The minimum atomic E-state index is -1.57. The van der Waals surface area contributed by atoms with Crippen molar-refractivity contribution in [2.45, 2.75) is 108 Å². The molecule has 0 aliphatic carbocycles. The molecule has 0 spiro atoms. The normalized spacial score (nSPS) is 25.3. The molecule has 6 atom stereocenters. The number of carbonyl (C=O) groups excluding carboxylic acids is 1. The highest BCUT2D eigenvalue weighted by molar-refractivity contribution is 5.69. The molecular weight excluding hydrogens is 492 g/mol. The fraction of sp³-hybridized carbons (Fsp3) is 0.690. The molecule has 1 unspecified atom stereocenters. The molecule has 0 aromatic carbocycles. The van der Waals surface area contributed by atoms with Crippen LogP contribution in [0.4, 0.5) is 0 Å². The Labute approximate surface area is 227 Å². The Kier molecular flexibility index (Phi) is 19.8. The summed E-state index contributed by atoms with van der Waals surface area (Å²) in [7, 11) is 0.